The molecule has 98 valence electrons. The Bertz CT molecular complexity index is 301. The van der Waals surface area contributed by atoms with Crippen molar-refractivity contribution in [3.8, 4) is 0 Å². The van der Waals surface area contributed by atoms with Gasteiger partial charge in [-0.2, -0.15) is 0 Å². The van der Waals surface area contributed by atoms with Gasteiger partial charge in [0.2, 0.25) is 5.91 Å². The average molecular weight is 243 g/mol. The molecule has 0 aromatic rings. The molecule has 0 aromatic carbocycles. The van der Waals surface area contributed by atoms with E-state index in [1.54, 1.807) is 14.2 Å². The van der Waals surface area contributed by atoms with Crippen LogP contribution in [0.3, 0.4) is 0 Å². The third-order valence-corrected chi connectivity index (χ3v) is 3.91. The molecule has 5 heteroatoms. The largest absolute Gasteiger partial charge is 0.381 e. The van der Waals surface area contributed by atoms with Crippen LogP contribution in [-0.4, -0.2) is 44.7 Å². The van der Waals surface area contributed by atoms with Gasteiger partial charge in [0, 0.05) is 26.6 Å². The minimum atomic E-state index is -0.317. The molecule has 2 fully saturated rings. The molecule has 5 nitrogen and oxygen atoms in total. The van der Waals surface area contributed by atoms with Gasteiger partial charge in [0.05, 0.1) is 12.2 Å². The molecule has 1 heterocycles. The molecule has 1 N–H and O–H groups in total. The Balaban J connectivity index is 1.95. The zero-order chi connectivity index (χ0) is 12.6. The highest BCUT2D eigenvalue weighted by Crippen LogP contribution is 2.50. The molecule has 0 radical (unpaired) electrons. The lowest BCUT2D eigenvalue weighted by atomic mass is 9.61. The first-order valence-electron chi connectivity index (χ1n) is 5.98. The Morgan fingerprint density at radius 1 is 1.35 bits per heavy atom. The van der Waals surface area contributed by atoms with E-state index >= 15 is 0 Å². The van der Waals surface area contributed by atoms with Crippen molar-refractivity contribution in [1.29, 1.82) is 0 Å². The maximum Gasteiger partial charge on any atom is 0.217 e. The summed E-state index contributed by atoms with van der Waals surface area (Å²) in [4.78, 5) is 11.2. The van der Waals surface area contributed by atoms with Crippen LogP contribution in [0.25, 0.3) is 0 Å². The normalized spacial score (nSPS) is 44.7. The number of methoxy groups -OCH3 is 2. The van der Waals surface area contributed by atoms with Crippen LogP contribution < -0.4 is 5.32 Å². The first-order chi connectivity index (χ1) is 8.00. The molecule has 1 aliphatic heterocycles. The van der Waals surface area contributed by atoms with Gasteiger partial charge in [-0.25, -0.2) is 0 Å². The van der Waals surface area contributed by atoms with E-state index in [-0.39, 0.29) is 29.8 Å². The number of hydrogen-bond acceptors (Lipinski definition) is 4. The maximum atomic E-state index is 11.2. The van der Waals surface area contributed by atoms with Crippen molar-refractivity contribution < 1.29 is 19.0 Å². The topological polar surface area (TPSA) is 56.8 Å². The highest BCUT2D eigenvalue weighted by molar-refractivity contribution is 5.73. The van der Waals surface area contributed by atoms with E-state index < -0.39 is 0 Å². The van der Waals surface area contributed by atoms with E-state index in [4.69, 9.17) is 14.2 Å². The molecule has 2 rings (SSSR count). The van der Waals surface area contributed by atoms with Gasteiger partial charge in [0.1, 0.15) is 6.04 Å². The summed E-state index contributed by atoms with van der Waals surface area (Å²) in [7, 11) is 3.33. The van der Waals surface area contributed by atoms with Gasteiger partial charge in [-0.15, -0.1) is 0 Å². The SMILES string of the molecule is COC1CC(C)(C2O[C@@H](OC)C2NC(C)=O)C1. The van der Waals surface area contributed by atoms with Crippen molar-refractivity contribution in [1.82, 2.24) is 5.32 Å². The Morgan fingerprint density at radius 3 is 2.47 bits per heavy atom. The molecule has 0 spiro atoms. The van der Waals surface area contributed by atoms with Crippen LogP contribution in [0.15, 0.2) is 0 Å². The number of carbonyl (C=O) groups is 1. The monoisotopic (exact) mass is 243 g/mol. The van der Waals surface area contributed by atoms with Crippen molar-refractivity contribution in [2.45, 2.75) is 51.2 Å². The van der Waals surface area contributed by atoms with Crippen LogP contribution in [0.5, 0.6) is 0 Å². The smallest absolute Gasteiger partial charge is 0.217 e. The fraction of sp³-hybridized carbons (Fsp3) is 0.917. The lowest BCUT2D eigenvalue weighted by Gasteiger charge is -2.57. The quantitative estimate of drug-likeness (QED) is 0.789. The van der Waals surface area contributed by atoms with Gasteiger partial charge in [0.25, 0.3) is 0 Å². The number of rotatable bonds is 4. The Kier molecular flexibility index (Phi) is 3.43. The molecular weight excluding hydrogens is 222 g/mol. The number of amides is 1. The predicted molar refractivity (Wildman–Crippen MR) is 61.4 cm³/mol. The van der Waals surface area contributed by atoms with Crippen molar-refractivity contribution in [3.05, 3.63) is 0 Å². The Morgan fingerprint density at radius 2 is 2.00 bits per heavy atom. The van der Waals surface area contributed by atoms with Crippen LogP contribution in [0.2, 0.25) is 0 Å². The first kappa shape index (κ1) is 12.8. The molecule has 2 aliphatic rings. The van der Waals surface area contributed by atoms with E-state index in [9.17, 15) is 4.79 Å². The summed E-state index contributed by atoms with van der Waals surface area (Å²) in [6.07, 6.45) is 1.98. The van der Waals surface area contributed by atoms with E-state index in [0.29, 0.717) is 6.10 Å². The van der Waals surface area contributed by atoms with Crippen LogP contribution >= 0.6 is 0 Å². The summed E-state index contributed by atoms with van der Waals surface area (Å²) < 4.78 is 16.2. The highest BCUT2D eigenvalue weighted by atomic mass is 16.7. The molecule has 0 aromatic heterocycles. The van der Waals surface area contributed by atoms with Gasteiger partial charge < -0.3 is 19.5 Å². The molecule has 1 saturated carbocycles. The van der Waals surface area contributed by atoms with Crippen LogP contribution in [0.4, 0.5) is 0 Å². The number of ether oxygens (including phenoxy) is 3. The number of hydrogen-bond donors (Lipinski definition) is 1. The van der Waals surface area contributed by atoms with Crippen molar-refractivity contribution >= 4 is 5.91 Å². The average Bonchev–Trinajstić information content (AvgIpc) is 2.21. The van der Waals surface area contributed by atoms with Crippen LogP contribution in [0.1, 0.15) is 26.7 Å². The molecule has 1 amide bonds. The second-order valence-corrected chi connectivity index (χ2v) is 5.31. The summed E-state index contributed by atoms with van der Waals surface area (Å²) in [6, 6.07) is -0.0414. The van der Waals surface area contributed by atoms with Gasteiger partial charge >= 0.3 is 0 Å². The molecule has 1 aliphatic carbocycles. The standard InChI is InChI=1S/C12H21NO4/c1-7(14)13-9-10(17-11(9)16-4)12(2)5-8(6-12)15-3/h8-11H,5-6H2,1-4H3,(H,13,14)/t8?,9?,10?,11-,12?/m1/s1. The molecule has 2 unspecified atom stereocenters. The highest BCUT2D eigenvalue weighted by Gasteiger charge is 2.57. The minimum absolute atomic E-state index is 0.0303. The first-order valence-corrected chi connectivity index (χ1v) is 5.98. The van der Waals surface area contributed by atoms with E-state index in [2.05, 4.69) is 12.2 Å². The van der Waals surface area contributed by atoms with E-state index in [1.807, 2.05) is 0 Å². The van der Waals surface area contributed by atoms with Gasteiger partial charge in [-0.05, 0) is 12.8 Å². The second kappa shape index (κ2) is 4.55. The lowest BCUT2D eigenvalue weighted by molar-refractivity contribution is -0.314. The summed E-state index contributed by atoms with van der Waals surface area (Å²) in [5.74, 6) is -0.0448. The van der Waals surface area contributed by atoms with Gasteiger partial charge in [-0.3, -0.25) is 4.79 Å². The summed E-state index contributed by atoms with van der Waals surface area (Å²) >= 11 is 0. The van der Waals surface area contributed by atoms with Gasteiger partial charge in [0.15, 0.2) is 6.29 Å². The van der Waals surface area contributed by atoms with Crippen molar-refractivity contribution in [2.75, 3.05) is 14.2 Å². The van der Waals surface area contributed by atoms with Crippen LogP contribution in [0, 0.1) is 5.41 Å². The minimum Gasteiger partial charge on any atom is -0.381 e. The summed E-state index contributed by atoms with van der Waals surface area (Å²) in [5, 5.41) is 2.91. The molecular formula is C12H21NO4. The zero-order valence-corrected chi connectivity index (χ0v) is 10.9. The van der Waals surface area contributed by atoms with Crippen molar-refractivity contribution in [2.24, 2.45) is 5.41 Å². The molecule has 17 heavy (non-hydrogen) atoms. The Hall–Kier alpha value is -0.650. The van der Waals surface area contributed by atoms with E-state index in [1.165, 1.54) is 6.92 Å². The third kappa shape index (κ3) is 2.19. The van der Waals surface area contributed by atoms with Crippen LogP contribution in [-0.2, 0) is 19.0 Å². The fourth-order valence-electron chi connectivity index (χ4n) is 2.92. The van der Waals surface area contributed by atoms with Gasteiger partial charge in [-0.1, -0.05) is 6.92 Å². The summed E-state index contributed by atoms with van der Waals surface area (Å²) in [6.45, 7) is 3.69. The Labute approximate surface area is 102 Å². The number of carbonyl (C=O) groups excluding carboxylic acids is 1. The zero-order valence-electron chi connectivity index (χ0n) is 10.9. The predicted octanol–water partition coefficient (Wildman–Crippen LogP) is 0.677. The second-order valence-electron chi connectivity index (χ2n) is 5.31. The van der Waals surface area contributed by atoms with Crippen molar-refractivity contribution in [3.63, 3.8) is 0 Å². The summed E-state index contributed by atoms with van der Waals surface area (Å²) in [5.41, 5.74) is 0.0861. The molecule has 1 saturated heterocycles. The third-order valence-electron chi connectivity index (χ3n) is 3.91. The lowest BCUT2D eigenvalue weighted by Crippen LogP contribution is -2.70. The van der Waals surface area contributed by atoms with E-state index in [0.717, 1.165) is 12.8 Å². The fourth-order valence-corrected chi connectivity index (χ4v) is 2.92. The maximum absolute atomic E-state index is 11.2. The molecule has 3 atom stereocenters. The number of nitrogens with one attached hydrogen (secondary N) is 1. The molecule has 0 bridgehead atoms.